The average Bonchev–Trinajstić information content (AvgIpc) is 2.46. The Morgan fingerprint density at radius 3 is 2.47 bits per heavy atom. The van der Waals surface area contributed by atoms with Crippen LogP contribution in [0.25, 0.3) is 0 Å². The normalized spacial score (nSPS) is 22.2. The number of rotatable bonds is 5. The van der Waals surface area contributed by atoms with Crippen LogP contribution in [-0.4, -0.2) is 24.5 Å². The summed E-state index contributed by atoms with van der Waals surface area (Å²) in [5.41, 5.74) is 2.74. The molecule has 102 valence electrons. The molecule has 0 amide bonds. The van der Waals surface area contributed by atoms with Crippen LogP contribution < -0.4 is 5.32 Å². The molecule has 1 unspecified atom stereocenters. The second kappa shape index (κ2) is 6.07. The van der Waals surface area contributed by atoms with Gasteiger partial charge in [0.05, 0.1) is 0 Å². The van der Waals surface area contributed by atoms with E-state index in [0.29, 0.717) is 0 Å². The molecular weight excluding hydrogens is 232 g/mol. The fourth-order valence-electron chi connectivity index (χ4n) is 2.39. The summed E-state index contributed by atoms with van der Waals surface area (Å²) in [5.74, 6) is 0. The molecule has 0 fully saturated rings. The van der Waals surface area contributed by atoms with Gasteiger partial charge in [0.15, 0.2) is 0 Å². The molecule has 19 heavy (non-hydrogen) atoms. The van der Waals surface area contributed by atoms with Gasteiger partial charge >= 0.3 is 0 Å². The molecule has 0 saturated heterocycles. The molecule has 2 heteroatoms. The van der Waals surface area contributed by atoms with Crippen LogP contribution in [-0.2, 0) is 6.54 Å². The van der Waals surface area contributed by atoms with Crippen molar-refractivity contribution >= 4 is 0 Å². The van der Waals surface area contributed by atoms with Crippen LogP contribution >= 0.6 is 0 Å². The Hall–Kier alpha value is -1.54. The minimum atomic E-state index is 0.106. The van der Waals surface area contributed by atoms with Crippen molar-refractivity contribution in [3.05, 3.63) is 59.8 Å². The quantitative estimate of drug-likeness (QED) is 0.869. The molecular formula is C17H24N2. The second-order valence-corrected chi connectivity index (χ2v) is 5.41. The van der Waals surface area contributed by atoms with Crippen molar-refractivity contribution in [3.8, 4) is 0 Å². The van der Waals surface area contributed by atoms with Gasteiger partial charge in [0.25, 0.3) is 0 Å². The first-order chi connectivity index (χ1) is 9.15. The smallest absolute Gasteiger partial charge is 0.0403 e. The molecule has 0 radical (unpaired) electrons. The van der Waals surface area contributed by atoms with Crippen LogP contribution in [0.3, 0.4) is 0 Å². The number of hydrogen-bond acceptors (Lipinski definition) is 2. The Labute approximate surface area is 116 Å². The molecule has 0 aromatic heterocycles. The fraction of sp³-hybridized carbons (Fsp3) is 0.412. The Morgan fingerprint density at radius 2 is 1.95 bits per heavy atom. The first-order valence-corrected chi connectivity index (χ1v) is 7.01. The van der Waals surface area contributed by atoms with Crippen molar-refractivity contribution in [1.29, 1.82) is 0 Å². The molecule has 1 aromatic rings. The minimum Gasteiger partial charge on any atom is -0.378 e. The first-order valence-electron chi connectivity index (χ1n) is 7.01. The van der Waals surface area contributed by atoms with Gasteiger partial charge in [-0.05, 0) is 24.5 Å². The van der Waals surface area contributed by atoms with E-state index in [2.05, 4.69) is 79.8 Å². The van der Waals surface area contributed by atoms with Gasteiger partial charge in [0.2, 0.25) is 0 Å². The maximum Gasteiger partial charge on any atom is 0.0403 e. The van der Waals surface area contributed by atoms with Crippen LogP contribution in [0.2, 0.25) is 0 Å². The highest BCUT2D eigenvalue weighted by Gasteiger charge is 2.25. The van der Waals surface area contributed by atoms with Crippen LogP contribution in [0.4, 0.5) is 0 Å². The predicted molar refractivity (Wildman–Crippen MR) is 81.8 cm³/mol. The summed E-state index contributed by atoms with van der Waals surface area (Å²) in [4.78, 5) is 2.16. The van der Waals surface area contributed by atoms with E-state index in [-0.39, 0.29) is 5.54 Å². The molecule has 2 rings (SSSR count). The third-order valence-corrected chi connectivity index (χ3v) is 3.88. The molecule has 1 aromatic carbocycles. The zero-order valence-electron chi connectivity index (χ0n) is 12.2. The molecule has 0 saturated carbocycles. The number of benzene rings is 1. The summed E-state index contributed by atoms with van der Waals surface area (Å²) in [6, 6.07) is 10.6. The Balaban J connectivity index is 2.00. The van der Waals surface area contributed by atoms with Gasteiger partial charge in [0, 0.05) is 31.9 Å². The van der Waals surface area contributed by atoms with Crippen molar-refractivity contribution in [2.24, 2.45) is 0 Å². The second-order valence-electron chi connectivity index (χ2n) is 5.41. The van der Waals surface area contributed by atoms with Gasteiger partial charge in [-0.1, -0.05) is 49.4 Å². The molecule has 1 aliphatic carbocycles. The average molecular weight is 256 g/mol. The minimum absolute atomic E-state index is 0.106. The Kier molecular flexibility index (Phi) is 4.43. The summed E-state index contributed by atoms with van der Waals surface area (Å²) >= 11 is 0. The number of nitrogens with one attached hydrogen (secondary N) is 1. The van der Waals surface area contributed by atoms with Crippen molar-refractivity contribution in [1.82, 2.24) is 10.2 Å². The predicted octanol–water partition coefficient (Wildman–Crippen LogP) is 3.33. The van der Waals surface area contributed by atoms with Crippen molar-refractivity contribution in [2.75, 3.05) is 14.1 Å². The zero-order valence-corrected chi connectivity index (χ0v) is 12.2. The van der Waals surface area contributed by atoms with Gasteiger partial charge in [0.1, 0.15) is 0 Å². The van der Waals surface area contributed by atoms with E-state index in [9.17, 15) is 0 Å². The first kappa shape index (κ1) is 13.9. The highest BCUT2D eigenvalue weighted by molar-refractivity contribution is 5.28. The van der Waals surface area contributed by atoms with Gasteiger partial charge in [-0.2, -0.15) is 0 Å². The number of hydrogen-bond donors (Lipinski definition) is 1. The van der Waals surface area contributed by atoms with Gasteiger partial charge in [-0.3, -0.25) is 0 Å². The van der Waals surface area contributed by atoms with E-state index < -0.39 is 0 Å². The lowest BCUT2D eigenvalue weighted by Crippen LogP contribution is -2.43. The molecule has 1 aliphatic rings. The maximum absolute atomic E-state index is 3.71. The molecule has 2 nitrogen and oxygen atoms in total. The summed E-state index contributed by atoms with van der Waals surface area (Å²) < 4.78 is 0. The molecule has 0 bridgehead atoms. The number of allylic oxidation sites excluding steroid dienone is 1. The third-order valence-electron chi connectivity index (χ3n) is 3.88. The monoisotopic (exact) mass is 256 g/mol. The summed E-state index contributed by atoms with van der Waals surface area (Å²) in [6.45, 7) is 3.17. The fourth-order valence-corrected chi connectivity index (χ4v) is 2.39. The number of likely N-dealkylation sites (N-methyl/N-ethyl adjacent to an activating group) is 1. The molecule has 1 N–H and O–H groups in total. The summed E-state index contributed by atoms with van der Waals surface area (Å²) in [6.07, 6.45) is 9.03. The Morgan fingerprint density at radius 1 is 1.21 bits per heavy atom. The summed E-state index contributed by atoms with van der Waals surface area (Å²) in [7, 11) is 4.18. The van der Waals surface area contributed by atoms with Gasteiger partial charge in [-0.15, -0.1) is 0 Å². The summed E-state index contributed by atoms with van der Waals surface area (Å²) in [5, 5.41) is 3.71. The van der Waals surface area contributed by atoms with E-state index in [1.807, 2.05) is 0 Å². The molecule has 1 atom stereocenters. The Bertz CT molecular complexity index is 459. The topological polar surface area (TPSA) is 15.3 Å². The van der Waals surface area contributed by atoms with Crippen molar-refractivity contribution in [3.63, 3.8) is 0 Å². The van der Waals surface area contributed by atoms with E-state index in [1.54, 1.807) is 0 Å². The van der Waals surface area contributed by atoms with E-state index >= 15 is 0 Å². The standard InChI is InChI=1S/C17H24N2/c1-4-17(12-10-16(11-13-17)19(2)3)18-14-15-8-6-5-7-9-15/h5-12,18H,4,13-14H2,1-3H3. The highest BCUT2D eigenvalue weighted by atomic mass is 15.1. The third kappa shape index (κ3) is 3.48. The molecule has 0 aliphatic heterocycles. The van der Waals surface area contributed by atoms with Crippen LogP contribution in [0.15, 0.2) is 54.3 Å². The van der Waals surface area contributed by atoms with Gasteiger partial charge in [-0.25, -0.2) is 0 Å². The largest absolute Gasteiger partial charge is 0.378 e. The van der Waals surface area contributed by atoms with E-state index in [4.69, 9.17) is 0 Å². The number of nitrogens with zero attached hydrogens (tertiary/aromatic N) is 1. The van der Waals surface area contributed by atoms with Crippen LogP contribution in [0.1, 0.15) is 25.3 Å². The molecule has 0 spiro atoms. The van der Waals surface area contributed by atoms with Crippen molar-refractivity contribution in [2.45, 2.75) is 31.8 Å². The lowest BCUT2D eigenvalue weighted by molar-refractivity contribution is 0.378. The lowest BCUT2D eigenvalue weighted by atomic mass is 9.87. The lowest BCUT2D eigenvalue weighted by Gasteiger charge is -2.34. The van der Waals surface area contributed by atoms with E-state index in [1.165, 1.54) is 11.3 Å². The van der Waals surface area contributed by atoms with E-state index in [0.717, 1.165) is 19.4 Å². The van der Waals surface area contributed by atoms with Crippen LogP contribution in [0, 0.1) is 0 Å². The van der Waals surface area contributed by atoms with Gasteiger partial charge < -0.3 is 10.2 Å². The van der Waals surface area contributed by atoms with Crippen molar-refractivity contribution < 1.29 is 0 Å². The SMILES string of the molecule is CCC1(NCc2ccccc2)C=CC(N(C)C)=CC1. The highest BCUT2D eigenvalue weighted by Crippen LogP contribution is 2.25. The maximum atomic E-state index is 3.71. The molecule has 0 heterocycles. The van der Waals surface area contributed by atoms with Crippen LogP contribution in [0.5, 0.6) is 0 Å². The zero-order chi connectivity index (χ0) is 13.7.